The smallest absolute Gasteiger partial charge is 0.242 e. The quantitative estimate of drug-likeness (QED) is 0.721. The maximum atomic E-state index is 11.9. The number of halogens is 1. The van der Waals surface area contributed by atoms with Crippen molar-refractivity contribution in [3.8, 4) is 6.07 Å². The van der Waals surface area contributed by atoms with Crippen LogP contribution in [0.5, 0.6) is 0 Å². The molecule has 1 unspecified atom stereocenters. The van der Waals surface area contributed by atoms with Crippen molar-refractivity contribution in [2.45, 2.75) is 17.4 Å². The van der Waals surface area contributed by atoms with Gasteiger partial charge in [-0.25, -0.2) is 13.1 Å². The Hall–Kier alpha value is -1.17. The van der Waals surface area contributed by atoms with Crippen LogP contribution in [0, 0.1) is 11.3 Å². The minimum atomic E-state index is -3.92. The van der Waals surface area contributed by atoms with Crippen LogP contribution in [0.2, 0.25) is 5.02 Å². The molecule has 3 N–H and O–H groups in total. The molecule has 6 nitrogen and oxygen atoms in total. The van der Waals surface area contributed by atoms with Gasteiger partial charge in [-0.3, -0.25) is 0 Å². The first-order valence-corrected chi connectivity index (χ1v) is 7.10. The van der Waals surface area contributed by atoms with Gasteiger partial charge in [0.15, 0.2) is 0 Å². The fourth-order valence-electron chi connectivity index (χ4n) is 1.17. The summed E-state index contributed by atoms with van der Waals surface area (Å²) in [6.45, 7) is 0.342. The molecule has 1 aromatic carbocycles. The van der Waals surface area contributed by atoms with Gasteiger partial charge in [0.05, 0.1) is 28.9 Å². The van der Waals surface area contributed by atoms with Gasteiger partial charge in [0.1, 0.15) is 4.90 Å². The van der Waals surface area contributed by atoms with Gasteiger partial charge in [0, 0.05) is 6.54 Å². The van der Waals surface area contributed by atoms with Gasteiger partial charge < -0.3 is 10.2 Å². The average molecular weight is 305 g/mol. The SMILES string of the molecule is CC(O)(CO)CNS(=O)(=O)c1ccc(C#N)cc1Cl. The molecule has 0 heterocycles. The van der Waals surface area contributed by atoms with Crippen LogP contribution in [-0.4, -0.2) is 37.4 Å². The Bertz CT molecular complexity index is 608. The highest BCUT2D eigenvalue weighted by Crippen LogP contribution is 2.22. The van der Waals surface area contributed by atoms with Crippen molar-refractivity contribution in [2.75, 3.05) is 13.2 Å². The molecule has 0 spiro atoms. The summed E-state index contributed by atoms with van der Waals surface area (Å²) in [5.74, 6) is 0. The second kappa shape index (κ2) is 5.86. The van der Waals surface area contributed by atoms with E-state index >= 15 is 0 Å². The molecule has 0 saturated carbocycles. The molecule has 104 valence electrons. The van der Waals surface area contributed by atoms with Crippen molar-refractivity contribution in [3.63, 3.8) is 0 Å². The number of nitrogens with one attached hydrogen (secondary N) is 1. The molecule has 1 aromatic rings. The van der Waals surface area contributed by atoms with Gasteiger partial charge in [-0.1, -0.05) is 11.6 Å². The maximum absolute atomic E-state index is 11.9. The number of sulfonamides is 1. The second-order valence-corrected chi connectivity index (χ2v) is 6.38. The largest absolute Gasteiger partial charge is 0.393 e. The van der Waals surface area contributed by atoms with Crippen molar-refractivity contribution in [1.29, 1.82) is 5.26 Å². The van der Waals surface area contributed by atoms with Gasteiger partial charge in [0.25, 0.3) is 0 Å². The van der Waals surface area contributed by atoms with Gasteiger partial charge in [-0.05, 0) is 25.1 Å². The van der Waals surface area contributed by atoms with E-state index in [2.05, 4.69) is 4.72 Å². The molecule has 1 atom stereocenters. The lowest BCUT2D eigenvalue weighted by Gasteiger charge is -2.20. The second-order valence-electron chi connectivity index (χ2n) is 4.24. The van der Waals surface area contributed by atoms with Crippen LogP contribution in [0.3, 0.4) is 0 Å². The molecule has 0 radical (unpaired) electrons. The Morgan fingerprint density at radius 1 is 1.53 bits per heavy atom. The predicted molar refractivity (Wildman–Crippen MR) is 69.1 cm³/mol. The van der Waals surface area contributed by atoms with Crippen molar-refractivity contribution in [2.24, 2.45) is 0 Å². The molecule has 0 fully saturated rings. The highest BCUT2D eigenvalue weighted by atomic mass is 35.5. The Labute approximate surface area is 116 Å². The van der Waals surface area contributed by atoms with Crippen LogP contribution in [-0.2, 0) is 10.0 Å². The number of nitriles is 1. The number of benzene rings is 1. The lowest BCUT2D eigenvalue weighted by molar-refractivity contribution is 0.00681. The summed E-state index contributed by atoms with van der Waals surface area (Å²) >= 11 is 5.79. The number of nitrogens with zero attached hydrogens (tertiary/aromatic N) is 1. The van der Waals surface area contributed by atoms with Gasteiger partial charge in [0.2, 0.25) is 10.0 Å². The molecule has 0 bridgehead atoms. The summed E-state index contributed by atoms with van der Waals surface area (Å²) in [6, 6.07) is 5.60. The lowest BCUT2D eigenvalue weighted by atomic mass is 10.1. The zero-order valence-electron chi connectivity index (χ0n) is 10.1. The van der Waals surface area contributed by atoms with E-state index in [1.165, 1.54) is 25.1 Å². The van der Waals surface area contributed by atoms with Crippen LogP contribution in [0.1, 0.15) is 12.5 Å². The molecule has 0 aliphatic carbocycles. The summed E-state index contributed by atoms with van der Waals surface area (Å²) < 4.78 is 26.0. The molecule has 0 aliphatic rings. The van der Waals surface area contributed by atoms with Crippen molar-refractivity contribution >= 4 is 21.6 Å². The zero-order valence-corrected chi connectivity index (χ0v) is 11.7. The third-order valence-electron chi connectivity index (χ3n) is 2.33. The van der Waals surface area contributed by atoms with E-state index in [0.717, 1.165) is 0 Å². The fourth-order valence-corrected chi connectivity index (χ4v) is 2.88. The van der Waals surface area contributed by atoms with Gasteiger partial charge in [-0.2, -0.15) is 5.26 Å². The first kappa shape index (κ1) is 15.9. The Balaban J connectivity index is 2.99. The first-order chi connectivity index (χ1) is 8.72. The van der Waals surface area contributed by atoms with Crippen LogP contribution in [0.25, 0.3) is 0 Å². The van der Waals surface area contributed by atoms with E-state index in [9.17, 15) is 13.5 Å². The number of rotatable bonds is 5. The van der Waals surface area contributed by atoms with Crippen molar-refractivity contribution in [3.05, 3.63) is 28.8 Å². The zero-order chi connectivity index (χ0) is 14.7. The lowest BCUT2D eigenvalue weighted by Crippen LogP contribution is -2.43. The third-order valence-corrected chi connectivity index (χ3v) is 4.22. The topological polar surface area (TPSA) is 110 Å². The number of hydrogen-bond donors (Lipinski definition) is 3. The Morgan fingerprint density at radius 3 is 2.63 bits per heavy atom. The first-order valence-electron chi connectivity index (χ1n) is 5.24. The minimum absolute atomic E-state index is 0.0878. The maximum Gasteiger partial charge on any atom is 0.242 e. The van der Waals surface area contributed by atoms with E-state index in [0.29, 0.717) is 0 Å². The molecule has 0 amide bonds. The van der Waals surface area contributed by atoms with E-state index < -0.39 is 22.2 Å². The third kappa shape index (κ3) is 4.16. The highest BCUT2D eigenvalue weighted by molar-refractivity contribution is 7.89. The van der Waals surface area contributed by atoms with Crippen LogP contribution in [0.4, 0.5) is 0 Å². The number of hydrogen-bond acceptors (Lipinski definition) is 5. The summed E-state index contributed by atoms with van der Waals surface area (Å²) in [7, 11) is -3.92. The normalized spacial score (nSPS) is 14.7. The van der Waals surface area contributed by atoms with Gasteiger partial charge in [-0.15, -0.1) is 0 Å². The van der Waals surface area contributed by atoms with E-state index in [4.69, 9.17) is 22.0 Å². The summed E-state index contributed by atoms with van der Waals surface area (Å²) in [5, 5.41) is 26.9. The van der Waals surface area contributed by atoms with Gasteiger partial charge >= 0.3 is 0 Å². The standard InChI is InChI=1S/C11H13ClN2O4S/c1-11(16,7-15)6-14-19(17,18)10-3-2-8(5-13)4-9(10)12/h2-4,14-16H,6-7H2,1H3. The number of aliphatic hydroxyl groups excluding tert-OH is 1. The van der Waals surface area contributed by atoms with E-state index in [1.807, 2.05) is 6.07 Å². The van der Waals surface area contributed by atoms with Crippen molar-refractivity contribution in [1.82, 2.24) is 4.72 Å². The van der Waals surface area contributed by atoms with E-state index in [1.54, 1.807) is 0 Å². The molecular weight excluding hydrogens is 292 g/mol. The highest BCUT2D eigenvalue weighted by Gasteiger charge is 2.24. The molecule has 19 heavy (non-hydrogen) atoms. The summed E-state index contributed by atoms with van der Waals surface area (Å²) in [5.41, 5.74) is -1.32. The molecule has 0 aliphatic heterocycles. The van der Waals surface area contributed by atoms with Crippen LogP contribution in [0.15, 0.2) is 23.1 Å². The average Bonchev–Trinajstić information content (AvgIpc) is 2.36. The minimum Gasteiger partial charge on any atom is -0.393 e. The Kier molecular flexibility index (Phi) is 4.90. The monoisotopic (exact) mass is 304 g/mol. The molecule has 0 aromatic heterocycles. The molecule has 0 saturated heterocycles. The van der Waals surface area contributed by atoms with Crippen LogP contribution >= 0.6 is 11.6 Å². The fraction of sp³-hybridized carbons (Fsp3) is 0.364. The molecule has 1 rings (SSSR count). The van der Waals surface area contributed by atoms with Crippen LogP contribution < -0.4 is 4.72 Å². The molecule has 8 heteroatoms. The van der Waals surface area contributed by atoms with Crippen molar-refractivity contribution < 1.29 is 18.6 Å². The number of aliphatic hydroxyl groups is 2. The Morgan fingerprint density at radius 2 is 2.16 bits per heavy atom. The van der Waals surface area contributed by atoms with E-state index in [-0.39, 0.29) is 22.0 Å². The molecular formula is C11H13ClN2O4S. The summed E-state index contributed by atoms with van der Waals surface area (Å²) in [4.78, 5) is -0.193. The predicted octanol–water partition coefficient (Wildman–Crippen LogP) is 0.233. The summed E-state index contributed by atoms with van der Waals surface area (Å²) in [6.07, 6.45) is 0.